The van der Waals surface area contributed by atoms with E-state index in [0.29, 0.717) is 5.92 Å². The van der Waals surface area contributed by atoms with Gasteiger partial charge in [-0.25, -0.2) is 0 Å². The summed E-state index contributed by atoms with van der Waals surface area (Å²) in [6.07, 6.45) is 6.10. The Bertz CT molecular complexity index is 393. The maximum Gasteiger partial charge on any atom is 0.303 e. The van der Waals surface area contributed by atoms with Gasteiger partial charge in [0, 0.05) is 12.8 Å². The van der Waals surface area contributed by atoms with Crippen molar-refractivity contribution in [2.24, 2.45) is 5.92 Å². The number of benzene rings is 1. The van der Waals surface area contributed by atoms with E-state index in [1.807, 2.05) is 18.2 Å². The first-order valence-corrected chi connectivity index (χ1v) is 6.88. The average Bonchev–Trinajstić information content (AvgIpc) is 2.40. The molecule has 1 fully saturated rings. The SMILES string of the molecule is CC(=O)OC(C)(c1ccccc1)C1CCCCC1. The van der Waals surface area contributed by atoms with Gasteiger partial charge in [0.2, 0.25) is 0 Å². The largest absolute Gasteiger partial charge is 0.454 e. The Morgan fingerprint density at radius 1 is 1.17 bits per heavy atom. The van der Waals surface area contributed by atoms with Crippen LogP contribution < -0.4 is 0 Å². The van der Waals surface area contributed by atoms with Gasteiger partial charge in [-0.05, 0) is 25.3 Å². The van der Waals surface area contributed by atoms with E-state index in [1.165, 1.54) is 26.2 Å². The first-order chi connectivity index (χ1) is 8.63. The molecule has 98 valence electrons. The molecule has 1 aliphatic rings. The number of carbonyl (C=O) groups is 1. The van der Waals surface area contributed by atoms with Crippen LogP contribution in [0.3, 0.4) is 0 Å². The zero-order valence-electron chi connectivity index (χ0n) is 11.3. The quantitative estimate of drug-likeness (QED) is 0.752. The van der Waals surface area contributed by atoms with Gasteiger partial charge in [-0.15, -0.1) is 0 Å². The zero-order chi connectivity index (χ0) is 13.0. The smallest absolute Gasteiger partial charge is 0.303 e. The molecule has 18 heavy (non-hydrogen) atoms. The lowest BCUT2D eigenvalue weighted by Crippen LogP contribution is -2.37. The van der Waals surface area contributed by atoms with Crippen molar-refractivity contribution >= 4 is 5.97 Å². The summed E-state index contributed by atoms with van der Waals surface area (Å²) in [5.41, 5.74) is 0.653. The minimum absolute atomic E-state index is 0.188. The Labute approximate surface area is 109 Å². The fraction of sp³-hybridized carbons (Fsp3) is 0.562. The van der Waals surface area contributed by atoms with Crippen LogP contribution in [0.4, 0.5) is 0 Å². The number of hydrogen-bond donors (Lipinski definition) is 0. The number of rotatable bonds is 3. The third-order valence-electron chi connectivity index (χ3n) is 4.09. The summed E-state index contributed by atoms with van der Waals surface area (Å²) < 4.78 is 5.72. The fourth-order valence-electron chi connectivity index (χ4n) is 3.10. The molecule has 0 aliphatic heterocycles. The van der Waals surface area contributed by atoms with Crippen LogP contribution in [0.1, 0.15) is 51.5 Å². The highest BCUT2D eigenvalue weighted by Crippen LogP contribution is 2.41. The van der Waals surface area contributed by atoms with Gasteiger partial charge in [-0.3, -0.25) is 4.79 Å². The summed E-state index contributed by atoms with van der Waals surface area (Å²) in [5, 5.41) is 0. The van der Waals surface area contributed by atoms with Crippen molar-refractivity contribution < 1.29 is 9.53 Å². The second-order valence-corrected chi connectivity index (χ2v) is 5.40. The fourth-order valence-corrected chi connectivity index (χ4v) is 3.10. The second kappa shape index (κ2) is 5.55. The van der Waals surface area contributed by atoms with Crippen LogP contribution in [0.15, 0.2) is 30.3 Å². The molecule has 0 amide bonds. The van der Waals surface area contributed by atoms with Gasteiger partial charge in [0.1, 0.15) is 5.60 Å². The van der Waals surface area contributed by atoms with Crippen molar-refractivity contribution in [3.05, 3.63) is 35.9 Å². The van der Waals surface area contributed by atoms with Crippen LogP contribution in [-0.4, -0.2) is 5.97 Å². The molecule has 0 aromatic heterocycles. The highest BCUT2D eigenvalue weighted by atomic mass is 16.6. The van der Waals surface area contributed by atoms with Crippen LogP contribution in [0.2, 0.25) is 0 Å². The van der Waals surface area contributed by atoms with Gasteiger partial charge in [0.05, 0.1) is 0 Å². The summed E-state index contributed by atoms with van der Waals surface area (Å²) in [6, 6.07) is 10.2. The van der Waals surface area contributed by atoms with Gasteiger partial charge in [-0.1, -0.05) is 49.6 Å². The van der Waals surface area contributed by atoms with Crippen molar-refractivity contribution in [3.8, 4) is 0 Å². The maximum atomic E-state index is 11.5. The van der Waals surface area contributed by atoms with Gasteiger partial charge in [0.15, 0.2) is 0 Å². The third kappa shape index (κ3) is 2.74. The lowest BCUT2D eigenvalue weighted by molar-refractivity contribution is -0.164. The first-order valence-electron chi connectivity index (χ1n) is 6.88. The first kappa shape index (κ1) is 13.1. The van der Waals surface area contributed by atoms with Crippen LogP contribution in [0.5, 0.6) is 0 Å². The standard InChI is InChI=1S/C16H22O2/c1-13(17)18-16(2,14-9-5-3-6-10-14)15-11-7-4-8-12-15/h3,5-6,9-10,15H,4,7-8,11-12H2,1-2H3. The molecule has 0 heterocycles. The van der Waals surface area contributed by atoms with Crippen molar-refractivity contribution in [2.75, 3.05) is 0 Å². The van der Waals surface area contributed by atoms with E-state index < -0.39 is 5.60 Å². The average molecular weight is 246 g/mol. The molecule has 1 aliphatic carbocycles. The highest BCUT2D eigenvalue weighted by molar-refractivity contribution is 5.66. The van der Waals surface area contributed by atoms with Gasteiger partial charge < -0.3 is 4.74 Å². The molecule has 2 rings (SSSR count). The molecule has 1 aromatic carbocycles. The molecular formula is C16H22O2. The monoisotopic (exact) mass is 246 g/mol. The molecule has 0 saturated heterocycles. The number of carbonyl (C=O) groups excluding carboxylic acids is 1. The summed E-state index contributed by atoms with van der Waals surface area (Å²) in [5.74, 6) is 0.254. The molecule has 0 bridgehead atoms. The number of esters is 1. The van der Waals surface area contributed by atoms with Crippen LogP contribution in [-0.2, 0) is 15.1 Å². The van der Waals surface area contributed by atoms with E-state index in [1.54, 1.807) is 0 Å². The topological polar surface area (TPSA) is 26.3 Å². The van der Waals surface area contributed by atoms with Crippen molar-refractivity contribution in [3.63, 3.8) is 0 Å². The van der Waals surface area contributed by atoms with E-state index in [9.17, 15) is 4.79 Å². The van der Waals surface area contributed by atoms with Crippen molar-refractivity contribution in [2.45, 2.75) is 51.6 Å². The normalized spacial score (nSPS) is 20.1. The predicted molar refractivity (Wildman–Crippen MR) is 72.1 cm³/mol. The zero-order valence-corrected chi connectivity index (χ0v) is 11.3. The van der Waals surface area contributed by atoms with Gasteiger partial charge >= 0.3 is 5.97 Å². The molecule has 1 saturated carbocycles. The van der Waals surface area contributed by atoms with Crippen molar-refractivity contribution in [1.82, 2.24) is 0 Å². The van der Waals surface area contributed by atoms with Crippen LogP contribution in [0.25, 0.3) is 0 Å². The Balaban J connectivity index is 2.30. The maximum absolute atomic E-state index is 11.5. The lowest BCUT2D eigenvalue weighted by Gasteiger charge is -2.39. The molecule has 0 N–H and O–H groups in total. The molecular weight excluding hydrogens is 224 g/mol. The molecule has 1 aromatic rings. The van der Waals surface area contributed by atoms with E-state index in [2.05, 4.69) is 19.1 Å². The summed E-state index contributed by atoms with van der Waals surface area (Å²) in [6.45, 7) is 3.57. The molecule has 0 radical (unpaired) electrons. The summed E-state index contributed by atoms with van der Waals surface area (Å²) in [7, 11) is 0. The highest BCUT2D eigenvalue weighted by Gasteiger charge is 2.39. The predicted octanol–water partition coefficient (Wildman–Crippen LogP) is 4.05. The summed E-state index contributed by atoms with van der Waals surface area (Å²) in [4.78, 5) is 11.5. The second-order valence-electron chi connectivity index (χ2n) is 5.40. The van der Waals surface area contributed by atoms with E-state index in [0.717, 1.165) is 18.4 Å². The van der Waals surface area contributed by atoms with E-state index >= 15 is 0 Å². The van der Waals surface area contributed by atoms with E-state index in [-0.39, 0.29) is 5.97 Å². The Kier molecular flexibility index (Phi) is 4.05. The van der Waals surface area contributed by atoms with Gasteiger partial charge in [0.25, 0.3) is 0 Å². The third-order valence-corrected chi connectivity index (χ3v) is 4.09. The van der Waals surface area contributed by atoms with Gasteiger partial charge in [-0.2, -0.15) is 0 Å². The number of hydrogen-bond acceptors (Lipinski definition) is 2. The molecule has 2 nitrogen and oxygen atoms in total. The molecule has 1 atom stereocenters. The molecule has 1 unspecified atom stereocenters. The minimum Gasteiger partial charge on any atom is -0.454 e. The lowest BCUT2D eigenvalue weighted by atomic mass is 9.74. The van der Waals surface area contributed by atoms with Crippen LogP contribution >= 0.6 is 0 Å². The van der Waals surface area contributed by atoms with E-state index in [4.69, 9.17) is 4.74 Å². The molecule has 2 heteroatoms. The Hall–Kier alpha value is -1.31. The van der Waals surface area contributed by atoms with Crippen LogP contribution in [0, 0.1) is 5.92 Å². The molecule has 0 spiro atoms. The Morgan fingerprint density at radius 3 is 2.33 bits per heavy atom. The Morgan fingerprint density at radius 2 is 1.78 bits per heavy atom. The minimum atomic E-state index is -0.465. The van der Waals surface area contributed by atoms with Crippen molar-refractivity contribution in [1.29, 1.82) is 0 Å². The number of ether oxygens (including phenoxy) is 1. The summed E-state index contributed by atoms with van der Waals surface area (Å²) >= 11 is 0.